The number of amides is 1. The molecule has 0 fully saturated rings. The molecule has 0 saturated heterocycles. The van der Waals surface area contributed by atoms with Gasteiger partial charge in [0.15, 0.2) is 0 Å². The lowest BCUT2D eigenvalue weighted by atomic mass is 10.0. The fourth-order valence-corrected chi connectivity index (χ4v) is 1.85. The molecule has 22 heavy (non-hydrogen) atoms. The zero-order valence-electron chi connectivity index (χ0n) is 13.6. The maximum Gasteiger partial charge on any atom is 0.326 e. The molecule has 0 saturated carbocycles. The molecule has 1 rings (SSSR count). The molecule has 122 valence electrons. The minimum Gasteiger partial charge on any atom is -0.494 e. The molecule has 5 nitrogen and oxygen atoms in total. The smallest absolute Gasteiger partial charge is 0.326 e. The van der Waals surface area contributed by atoms with E-state index < -0.39 is 17.9 Å². The third-order valence-electron chi connectivity index (χ3n) is 3.30. The highest BCUT2D eigenvalue weighted by Gasteiger charge is 2.23. The van der Waals surface area contributed by atoms with Gasteiger partial charge in [0.25, 0.3) is 5.91 Å². The summed E-state index contributed by atoms with van der Waals surface area (Å²) >= 11 is 0. The molecule has 0 aromatic heterocycles. The number of carbonyl (C=O) groups is 2. The number of nitrogens with one attached hydrogen (secondary N) is 1. The average molecular weight is 307 g/mol. The van der Waals surface area contributed by atoms with Crippen LogP contribution >= 0.6 is 0 Å². The number of hydrogen-bond donors (Lipinski definition) is 2. The molecule has 0 spiro atoms. The van der Waals surface area contributed by atoms with E-state index in [2.05, 4.69) is 19.2 Å². The molecule has 2 N–H and O–H groups in total. The SMILES string of the molecule is CC(C)CCOc1ccc(C(=O)N[C@@H](C(=O)O)C(C)C)cc1. The van der Waals surface area contributed by atoms with Crippen molar-refractivity contribution in [3.8, 4) is 5.75 Å². The van der Waals surface area contributed by atoms with Crippen LogP contribution in [0.3, 0.4) is 0 Å². The lowest BCUT2D eigenvalue weighted by Crippen LogP contribution is -2.44. The number of benzene rings is 1. The molecule has 1 aromatic carbocycles. The zero-order valence-corrected chi connectivity index (χ0v) is 13.6. The second-order valence-electron chi connectivity index (χ2n) is 6.09. The van der Waals surface area contributed by atoms with Gasteiger partial charge in [-0.15, -0.1) is 0 Å². The maximum absolute atomic E-state index is 12.1. The van der Waals surface area contributed by atoms with Crippen LogP contribution in [0.15, 0.2) is 24.3 Å². The van der Waals surface area contributed by atoms with Crippen LogP contribution in [0.1, 0.15) is 44.5 Å². The molecule has 0 aliphatic heterocycles. The van der Waals surface area contributed by atoms with Gasteiger partial charge in [-0.3, -0.25) is 4.79 Å². The van der Waals surface area contributed by atoms with Gasteiger partial charge in [-0.05, 0) is 42.5 Å². The second kappa shape index (κ2) is 8.41. The topological polar surface area (TPSA) is 75.6 Å². The monoisotopic (exact) mass is 307 g/mol. The molecule has 0 unspecified atom stereocenters. The molecule has 0 bridgehead atoms. The molecule has 1 amide bonds. The molecule has 0 heterocycles. The van der Waals surface area contributed by atoms with Gasteiger partial charge in [0.05, 0.1) is 6.61 Å². The highest BCUT2D eigenvalue weighted by Crippen LogP contribution is 2.14. The van der Waals surface area contributed by atoms with Crippen LogP contribution in [0.4, 0.5) is 0 Å². The Kier molecular flexibility index (Phi) is 6.89. The van der Waals surface area contributed by atoms with Gasteiger partial charge in [0.1, 0.15) is 11.8 Å². The third kappa shape index (κ3) is 5.76. The van der Waals surface area contributed by atoms with E-state index in [0.29, 0.717) is 23.8 Å². The van der Waals surface area contributed by atoms with Crippen LogP contribution < -0.4 is 10.1 Å². The van der Waals surface area contributed by atoms with Gasteiger partial charge < -0.3 is 15.2 Å². The summed E-state index contributed by atoms with van der Waals surface area (Å²) < 4.78 is 5.58. The third-order valence-corrected chi connectivity index (χ3v) is 3.30. The quantitative estimate of drug-likeness (QED) is 0.774. The van der Waals surface area contributed by atoms with Crippen LogP contribution in [0, 0.1) is 11.8 Å². The summed E-state index contributed by atoms with van der Waals surface area (Å²) in [7, 11) is 0. The van der Waals surface area contributed by atoms with Crippen molar-refractivity contribution in [2.45, 2.75) is 40.2 Å². The number of rotatable bonds is 8. The number of carboxylic acid groups (broad SMARTS) is 1. The van der Waals surface area contributed by atoms with Crippen LogP contribution in [0.2, 0.25) is 0 Å². The Morgan fingerprint density at radius 2 is 1.73 bits per heavy atom. The first-order valence-electron chi connectivity index (χ1n) is 7.57. The van der Waals surface area contributed by atoms with E-state index >= 15 is 0 Å². The number of aliphatic carboxylic acids is 1. The minimum atomic E-state index is -1.03. The van der Waals surface area contributed by atoms with E-state index in [4.69, 9.17) is 9.84 Å². The highest BCUT2D eigenvalue weighted by molar-refractivity contribution is 5.96. The molecule has 5 heteroatoms. The van der Waals surface area contributed by atoms with Crippen molar-refractivity contribution < 1.29 is 19.4 Å². The van der Waals surface area contributed by atoms with Gasteiger partial charge in [-0.1, -0.05) is 27.7 Å². The first-order chi connectivity index (χ1) is 10.3. The van der Waals surface area contributed by atoms with Crippen molar-refractivity contribution in [3.63, 3.8) is 0 Å². The summed E-state index contributed by atoms with van der Waals surface area (Å²) in [5, 5.41) is 11.6. The van der Waals surface area contributed by atoms with E-state index in [1.165, 1.54) is 0 Å². The largest absolute Gasteiger partial charge is 0.494 e. The van der Waals surface area contributed by atoms with Crippen LogP contribution in [0.25, 0.3) is 0 Å². The van der Waals surface area contributed by atoms with E-state index in [1.54, 1.807) is 38.1 Å². The summed E-state index contributed by atoms with van der Waals surface area (Å²) in [5.74, 6) is -0.322. The average Bonchev–Trinajstić information content (AvgIpc) is 2.44. The van der Waals surface area contributed by atoms with Gasteiger partial charge in [0, 0.05) is 5.56 Å². The Morgan fingerprint density at radius 3 is 2.18 bits per heavy atom. The Hall–Kier alpha value is -2.04. The second-order valence-corrected chi connectivity index (χ2v) is 6.09. The number of carboxylic acids is 1. The fraction of sp³-hybridized carbons (Fsp3) is 0.529. The molecular weight excluding hydrogens is 282 g/mol. The van der Waals surface area contributed by atoms with Crippen LogP contribution in [-0.2, 0) is 4.79 Å². The van der Waals surface area contributed by atoms with E-state index in [9.17, 15) is 9.59 Å². The molecular formula is C17H25NO4. The summed E-state index contributed by atoms with van der Waals surface area (Å²) in [6, 6.07) is 5.83. The maximum atomic E-state index is 12.1. The summed E-state index contributed by atoms with van der Waals surface area (Å²) in [5.41, 5.74) is 0.420. The molecule has 0 radical (unpaired) electrons. The Bertz CT molecular complexity index is 494. The van der Waals surface area contributed by atoms with Crippen molar-refractivity contribution in [1.82, 2.24) is 5.32 Å². The van der Waals surface area contributed by atoms with E-state index in [1.807, 2.05) is 0 Å². The zero-order chi connectivity index (χ0) is 16.7. The lowest BCUT2D eigenvalue weighted by Gasteiger charge is -2.18. The lowest BCUT2D eigenvalue weighted by molar-refractivity contribution is -0.140. The molecule has 1 aromatic rings. The molecule has 0 aliphatic rings. The Morgan fingerprint density at radius 1 is 1.14 bits per heavy atom. The van der Waals surface area contributed by atoms with Crippen molar-refractivity contribution in [2.75, 3.05) is 6.61 Å². The van der Waals surface area contributed by atoms with Gasteiger partial charge in [-0.2, -0.15) is 0 Å². The van der Waals surface area contributed by atoms with E-state index in [-0.39, 0.29) is 5.92 Å². The van der Waals surface area contributed by atoms with Gasteiger partial charge in [0.2, 0.25) is 0 Å². The summed E-state index contributed by atoms with van der Waals surface area (Å²) in [6.45, 7) is 8.40. The van der Waals surface area contributed by atoms with Crippen molar-refractivity contribution in [1.29, 1.82) is 0 Å². The molecule has 1 atom stereocenters. The van der Waals surface area contributed by atoms with Crippen molar-refractivity contribution in [2.24, 2.45) is 11.8 Å². The summed E-state index contributed by atoms with van der Waals surface area (Å²) in [4.78, 5) is 23.2. The van der Waals surface area contributed by atoms with E-state index in [0.717, 1.165) is 6.42 Å². The van der Waals surface area contributed by atoms with Crippen molar-refractivity contribution >= 4 is 11.9 Å². The van der Waals surface area contributed by atoms with Gasteiger partial charge in [-0.25, -0.2) is 4.79 Å². The fourth-order valence-electron chi connectivity index (χ4n) is 1.85. The van der Waals surface area contributed by atoms with Gasteiger partial charge >= 0.3 is 5.97 Å². The Balaban J connectivity index is 2.62. The van der Waals surface area contributed by atoms with Crippen LogP contribution in [-0.4, -0.2) is 29.6 Å². The highest BCUT2D eigenvalue weighted by atomic mass is 16.5. The molecule has 0 aliphatic carbocycles. The standard InChI is InChI=1S/C17H25NO4/c1-11(2)9-10-22-14-7-5-13(6-8-14)16(19)18-15(12(3)4)17(20)21/h5-8,11-12,15H,9-10H2,1-4H3,(H,18,19)(H,20,21)/t15-/m1/s1. The first-order valence-corrected chi connectivity index (χ1v) is 7.57. The minimum absolute atomic E-state index is 0.180. The normalized spacial score (nSPS) is 12.3. The first kappa shape index (κ1) is 18.0. The predicted molar refractivity (Wildman–Crippen MR) is 85.1 cm³/mol. The summed E-state index contributed by atoms with van der Waals surface area (Å²) in [6.07, 6.45) is 0.969. The number of carbonyl (C=O) groups excluding carboxylic acids is 1. The predicted octanol–water partition coefficient (Wildman–Crippen LogP) is 2.95. The van der Waals surface area contributed by atoms with Crippen molar-refractivity contribution in [3.05, 3.63) is 29.8 Å². The van der Waals surface area contributed by atoms with Crippen LogP contribution in [0.5, 0.6) is 5.75 Å². The number of ether oxygens (including phenoxy) is 1. The number of hydrogen-bond acceptors (Lipinski definition) is 3. The Labute approximate surface area is 131 Å².